The number of nitrogens with one attached hydrogen (secondary N) is 3. The fourth-order valence-electron chi connectivity index (χ4n) is 1.38. The molecule has 0 saturated heterocycles. The minimum Gasteiger partial charge on any atom is -0.390 e. The van der Waals surface area contributed by atoms with Crippen LogP contribution in [0.4, 0.5) is 0 Å². The third-order valence-electron chi connectivity index (χ3n) is 2.31. The van der Waals surface area contributed by atoms with Crippen molar-refractivity contribution >= 4 is 5.91 Å². The summed E-state index contributed by atoms with van der Waals surface area (Å²) in [7, 11) is 3.49. The lowest BCUT2D eigenvalue weighted by Gasteiger charge is -2.17. The molecule has 0 aliphatic heterocycles. The molecule has 0 aromatic heterocycles. The minimum atomic E-state index is -0.555. The lowest BCUT2D eigenvalue weighted by molar-refractivity contribution is -0.123. The lowest BCUT2D eigenvalue weighted by atomic mass is 10.1. The van der Waals surface area contributed by atoms with Crippen LogP contribution < -0.4 is 21.7 Å². The molecule has 1 unspecified atom stereocenters. The Morgan fingerprint density at radius 2 is 2.06 bits per heavy atom. The van der Waals surface area contributed by atoms with E-state index in [0.29, 0.717) is 19.5 Å². The maximum atomic E-state index is 11.6. The number of hydrogen-bond acceptors (Lipinski definition) is 5. The molecule has 96 valence electrons. The first-order chi connectivity index (χ1) is 7.65. The van der Waals surface area contributed by atoms with Crippen LogP contribution in [0.25, 0.3) is 0 Å². The summed E-state index contributed by atoms with van der Waals surface area (Å²) >= 11 is 0. The first-order valence-corrected chi connectivity index (χ1v) is 5.63. The number of aliphatic hydroxyl groups is 1. The van der Waals surface area contributed by atoms with Crippen LogP contribution in [0.3, 0.4) is 0 Å². The predicted molar refractivity (Wildman–Crippen MR) is 64.1 cm³/mol. The molecule has 0 saturated carbocycles. The smallest absolute Gasteiger partial charge is 0.237 e. The summed E-state index contributed by atoms with van der Waals surface area (Å²) in [6.07, 6.45) is 0.958. The highest BCUT2D eigenvalue weighted by Crippen LogP contribution is 1.95. The molecule has 0 spiro atoms. The number of hydrogen-bond donors (Lipinski definition) is 5. The Morgan fingerprint density at radius 3 is 2.56 bits per heavy atom. The van der Waals surface area contributed by atoms with Crippen molar-refractivity contribution in [1.82, 2.24) is 16.0 Å². The Labute approximate surface area is 97.0 Å². The Morgan fingerprint density at radius 1 is 1.38 bits per heavy atom. The van der Waals surface area contributed by atoms with Crippen LogP contribution in [0.15, 0.2) is 0 Å². The van der Waals surface area contributed by atoms with Gasteiger partial charge >= 0.3 is 0 Å². The number of nitrogens with two attached hydrogens (primary N) is 1. The fourth-order valence-corrected chi connectivity index (χ4v) is 1.38. The molecule has 6 N–H and O–H groups in total. The third-order valence-corrected chi connectivity index (χ3v) is 2.31. The molecule has 0 rings (SSSR count). The number of carbonyl (C=O) groups is 1. The van der Waals surface area contributed by atoms with Crippen molar-refractivity contribution in [3.05, 3.63) is 0 Å². The SMILES string of the molecule is CNCC(O)CNC(=O)[C@H](CCCN)NC. The summed E-state index contributed by atoms with van der Waals surface area (Å²) < 4.78 is 0. The largest absolute Gasteiger partial charge is 0.390 e. The molecule has 0 aliphatic carbocycles. The molecule has 0 bridgehead atoms. The number of carbonyl (C=O) groups excluding carboxylic acids is 1. The Hall–Kier alpha value is -0.690. The van der Waals surface area contributed by atoms with Crippen molar-refractivity contribution in [2.75, 3.05) is 33.7 Å². The van der Waals surface area contributed by atoms with Crippen LogP contribution in [-0.2, 0) is 4.79 Å². The molecule has 6 nitrogen and oxygen atoms in total. The van der Waals surface area contributed by atoms with E-state index < -0.39 is 6.10 Å². The first kappa shape index (κ1) is 15.3. The number of likely N-dealkylation sites (N-methyl/N-ethyl adjacent to an activating group) is 2. The summed E-state index contributed by atoms with van der Waals surface area (Å²) in [5.74, 6) is -0.0916. The zero-order valence-electron chi connectivity index (χ0n) is 10.1. The van der Waals surface area contributed by atoms with Crippen LogP contribution in [0, 0.1) is 0 Å². The number of amides is 1. The second kappa shape index (κ2) is 9.53. The number of aliphatic hydroxyl groups excluding tert-OH is 1. The highest BCUT2D eigenvalue weighted by Gasteiger charge is 2.16. The van der Waals surface area contributed by atoms with E-state index in [4.69, 9.17) is 5.73 Å². The average Bonchev–Trinajstić information content (AvgIpc) is 2.28. The van der Waals surface area contributed by atoms with E-state index >= 15 is 0 Å². The van der Waals surface area contributed by atoms with Gasteiger partial charge in [-0.25, -0.2) is 0 Å². The van der Waals surface area contributed by atoms with Gasteiger partial charge in [-0.1, -0.05) is 0 Å². The molecule has 2 atom stereocenters. The fraction of sp³-hybridized carbons (Fsp3) is 0.900. The summed E-state index contributed by atoms with van der Waals surface area (Å²) in [6, 6.07) is -0.231. The average molecular weight is 232 g/mol. The minimum absolute atomic E-state index is 0.0916. The van der Waals surface area contributed by atoms with E-state index in [1.54, 1.807) is 14.1 Å². The molecule has 0 aliphatic rings. The van der Waals surface area contributed by atoms with Crippen molar-refractivity contribution in [3.63, 3.8) is 0 Å². The van der Waals surface area contributed by atoms with Crippen LogP contribution >= 0.6 is 0 Å². The van der Waals surface area contributed by atoms with Crippen LogP contribution in [-0.4, -0.2) is 56.9 Å². The zero-order chi connectivity index (χ0) is 12.4. The van der Waals surface area contributed by atoms with E-state index in [9.17, 15) is 9.90 Å². The van der Waals surface area contributed by atoms with Crippen molar-refractivity contribution in [2.24, 2.45) is 5.73 Å². The van der Waals surface area contributed by atoms with Crippen molar-refractivity contribution in [3.8, 4) is 0 Å². The van der Waals surface area contributed by atoms with Crippen LogP contribution in [0.2, 0.25) is 0 Å². The lowest BCUT2D eigenvalue weighted by Crippen LogP contribution is -2.46. The Balaban J connectivity index is 3.82. The molecule has 0 fully saturated rings. The summed E-state index contributed by atoms with van der Waals surface area (Å²) in [5, 5.41) is 17.9. The van der Waals surface area contributed by atoms with E-state index in [-0.39, 0.29) is 18.5 Å². The van der Waals surface area contributed by atoms with Crippen molar-refractivity contribution in [2.45, 2.75) is 25.0 Å². The molecular weight excluding hydrogens is 208 g/mol. The van der Waals surface area contributed by atoms with Gasteiger partial charge in [0.25, 0.3) is 0 Å². The van der Waals surface area contributed by atoms with Crippen molar-refractivity contribution in [1.29, 1.82) is 0 Å². The molecule has 0 radical (unpaired) electrons. The normalized spacial score (nSPS) is 14.5. The van der Waals surface area contributed by atoms with E-state index in [1.165, 1.54) is 0 Å². The molecule has 0 aromatic carbocycles. The van der Waals surface area contributed by atoms with Gasteiger partial charge in [0.15, 0.2) is 0 Å². The highest BCUT2D eigenvalue weighted by atomic mass is 16.3. The van der Waals surface area contributed by atoms with E-state index in [0.717, 1.165) is 6.42 Å². The van der Waals surface area contributed by atoms with Crippen LogP contribution in [0.5, 0.6) is 0 Å². The van der Waals surface area contributed by atoms with Gasteiger partial charge in [-0.3, -0.25) is 4.79 Å². The van der Waals surface area contributed by atoms with Gasteiger partial charge in [0.05, 0.1) is 12.1 Å². The summed E-state index contributed by atoms with van der Waals surface area (Å²) in [6.45, 7) is 1.31. The van der Waals surface area contributed by atoms with Gasteiger partial charge in [0.2, 0.25) is 5.91 Å². The second-order valence-electron chi connectivity index (χ2n) is 3.73. The summed E-state index contributed by atoms with van der Waals surface area (Å²) in [5.41, 5.74) is 5.39. The van der Waals surface area contributed by atoms with Gasteiger partial charge in [-0.15, -0.1) is 0 Å². The topological polar surface area (TPSA) is 99.4 Å². The van der Waals surface area contributed by atoms with Gasteiger partial charge in [0, 0.05) is 13.1 Å². The highest BCUT2D eigenvalue weighted by molar-refractivity contribution is 5.81. The summed E-state index contributed by atoms with van der Waals surface area (Å²) in [4.78, 5) is 11.6. The molecule has 1 amide bonds. The van der Waals surface area contributed by atoms with Gasteiger partial charge in [-0.05, 0) is 33.5 Å². The van der Waals surface area contributed by atoms with E-state index in [2.05, 4.69) is 16.0 Å². The van der Waals surface area contributed by atoms with Gasteiger partial charge in [-0.2, -0.15) is 0 Å². The molecule has 16 heavy (non-hydrogen) atoms. The Bertz CT molecular complexity index is 190. The maximum absolute atomic E-state index is 11.6. The van der Waals surface area contributed by atoms with Crippen molar-refractivity contribution < 1.29 is 9.90 Å². The second-order valence-corrected chi connectivity index (χ2v) is 3.73. The van der Waals surface area contributed by atoms with E-state index in [1.807, 2.05) is 0 Å². The standard InChI is InChI=1S/C10H24N4O2/c1-12-6-8(15)7-14-10(16)9(13-2)4-3-5-11/h8-9,12-13,15H,3-7,11H2,1-2H3,(H,14,16)/t8?,9-/m0/s1. The molecular formula is C10H24N4O2. The zero-order valence-corrected chi connectivity index (χ0v) is 10.1. The maximum Gasteiger partial charge on any atom is 0.237 e. The van der Waals surface area contributed by atoms with Gasteiger partial charge in [0.1, 0.15) is 0 Å². The predicted octanol–water partition coefficient (Wildman–Crippen LogP) is -1.99. The molecule has 6 heteroatoms. The molecule has 0 aromatic rings. The first-order valence-electron chi connectivity index (χ1n) is 5.63. The monoisotopic (exact) mass is 232 g/mol. The van der Waals surface area contributed by atoms with Crippen LogP contribution in [0.1, 0.15) is 12.8 Å². The third kappa shape index (κ3) is 6.73. The molecule has 0 heterocycles. The quantitative estimate of drug-likeness (QED) is 0.317. The number of rotatable bonds is 9. The van der Waals surface area contributed by atoms with Gasteiger partial charge < -0.3 is 26.8 Å². The Kier molecular flexibility index (Phi) is 9.12.